The Kier molecular flexibility index (Phi) is 4.48. The third-order valence-corrected chi connectivity index (χ3v) is 3.47. The molecule has 0 radical (unpaired) electrons. The van der Waals surface area contributed by atoms with Crippen molar-refractivity contribution in [1.29, 1.82) is 0 Å². The van der Waals surface area contributed by atoms with Crippen molar-refractivity contribution >= 4 is 12.0 Å². The average molecular weight is 299 g/mol. The Morgan fingerprint density at radius 1 is 1.45 bits per heavy atom. The zero-order chi connectivity index (χ0) is 15.2. The van der Waals surface area contributed by atoms with Crippen LogP contribution in [0.1, 0.15) is 18.6 Å². The number of hydrogen-bond donors (Lipinski definition) is 0. The molecule has 1 fully saturated rings. The summed E-state index contributed by atoms with van der Waals surface area (Å²) in [6.45, 7) is 1.30. The number of hydrogen-bond acceptors (Lipinski definition) is 5. The lowest BCUT2D eigenvalue weighted by Crippen LogP contribution is -2.43. The predicted octanol–water partition coefficient (Wildman–Crippen LogP) is 2.15. The molecule has 1 aliphatic heterocycles. The summed E-state index contributed by atoms with van der Waals surface area (Å²) in [7, 11) is 0. The van der Waals surface area contributed by atoms with Gasteiger partial charge in [0.2, 0.25) is 11.8 Å². The van der Waals surface area contributed by atoms with E-state index in [1.165, 1.54) is 12.4 Å². The molecule has 1 atom stereocenters. The lowest BCUT2D eigenvalue weighted by Gasteiger charge is -2.31. The normalized spacial score (nSPS) is 18.5. The Hall–Kier alpha value is -2.63. The van der Waals surface area contributed by atoms with E-state index in [-0.39, 0.29) is 12.0 Å². The van der Waals surface area contributed by atoms with Gasteiger partial charge in [-0.05, 0) is 31.1 Å². The topological polar surface area (TPSA) is 68.5 Å². The Morgan fingerprint density at radius 2 is 2.41 bits per heavy atom. The van der Waals surface area contributed by atoms with Crippen molar-refractivity contribution in [3.63, 3.8) is 0 Å². The zero-order valence-corrected chi connectivity index (χ0v) is 12.1. The minimum atomic E-state index is -0.0374. The molecule has 1 saturated heterocycles. The summed E-state index contributed by atoms with van der Waals surface area (Å²) < 4.78 is 11.0. The van der Waals surface area contributed by atoms with Gasteiger partial charge < -0.3 is 14.1 Å². The molecule has 114 valence electrons. The van der Waals surface area contributed by atoms with E-state index < -0.39 is 0 Å². The fraction of sp³-hybridized carbons (Fsp3) is 0.312. The van der Waals surface area contributed by atoms with Crippen LogP contribution in [0.4, 0.5) is 0 Å². The van der Waals surface area contributed by atoms with Gasteiger partial charge in [-0.3, -0.25) is 4.79 Å². The third kappa shape index (κ3) is 3.72. The molecule has 0 N–H and O–H groups in total. The van der Waals surface area contributed by atoms with Crippen molar-refractivity contribution in [2.24, 2.45) is 0 Å². The zero-order valence-electron chi connectivity index (χ0n) is 12.1. The van der Waals surface area contributed by atoms with Crippen LogP contribution in [0.3, 0.4) is 0 Å². The summed E-state index contributed by atoms with van der Waals surface area (Å²) >= 11 is 0. The van der Waals surface area contributed by atoms with Gasteiger partial charge in [0.05, 0.1) is 12.8 Å². The highest BCUT2D eigenvalue weighted by atomic mass is 16.5. The van der Waals surface area contributed by atoms with Gasteiger partial charge in [0.25, 0.3) is 0 Å². The summed E-state index contributed by atoms with van der Waals surface area (Å²) in [6, 6.07) is 5.31. The molecule has 0 saturated carbocycles. The Morgan fingerprint density at radius 3 is 3.18 bits per heavy atom. The van der Waals surface area contributed by atoms with Crippen LogP contribution in [0, 0.1) is 0 Å². The first-order valence-corrected chi connectivity index (χ1v) is 7.24. The van der Waals surface area contributed by atoms with Crippen molar-refractivity contribution in [3.8, 4) is 5.88 Å². The quantitative estimate of drug-likeness (QED) is 0.809. The highest BCUT2D eigenvalue weighted by Gasteiger charge is 2.24. The molecule has 2 aromatic heterocycles. The van der Waals surface area contributed by atoms with Crippen LogP contribution in [-0.2, 0) is 4.79 Å². The van der Waals surface area contributed by atoms with Crippen LogP contribution in [0.15, 0.2) is 47.5 Å². The largest absolute Gasteiger partial charge is 0.472 e. The van der Waals surface area contributed by atoms with E-state index in [9.17, 15) is 4.79 Å². The number of carbonyl (C=O) groups is 1. The molecule has 0 aliphatic carbocycles. The SMILES string of the molecule is O=C(/C=C/c1ccco1)N1CCC[C@@H](Oc2ccncn2)C1. The van der Waals surface area contributed by atoms with Crippen molar-refractivity contribution in [3.05, 3.63) is 48.8 Å². The molecule has 3 rings (SSSR count). The van der Waals surface area contributed by atoms with Crippen LogP contribution < -0.4 is 4.74 Å². The smallest absolute Gasteiger partial charge is 0.246 e. The van der Waals surface area contributed by atoms with Crippen molar-refractivity contribution in [1.82, 2.24) is 14.9 Å². The number of furan rings is 1. The van der Waals surface area contributed by atoms with Crippen LogP contribution in [-0.4, -0.2) is 40.0 Å². The standard InChI is InChI=1S/C16H17N3O3/c20-16(6-5-13-4-2-10-21-13)19-9-1-3-14(11-19)22-15-7-8-17-12-18-15/h2,4-8,10,12,14H,1,3,9,11H2/b6-5+/t14-/m1/s1. The molecule has 6 nitrogen and oxygen atoms in total. The Balaban J connectivity index is 1.57. The van der Waals surface area contributed by atoms with Crippen LogP contribution >= 0.6 is 0 Å². The lowest BCUT2D eigenvalue weighted by molar-refractivity contribution is -0.128. The maximum atomic E-state index is 12.2. The number of ether oxygens (including phenoxy) is 1. The molecule has 1 aliphatic rings. The molecule has 2 aromatic rings. The minimum Gasteiger partial charge on any atom is -0.472 e. The second-order valence-corrected chi connectivity index (χ2v) is 5.06. The number of carbonyl (C=O) groups excluding carboxylic acids is 1. The van der Waals surface area contributed by atoms with Crippen LogP contribution in [0.5, 0.6) is 5.88 Å². The summed E-state index contributed by atoms with van der Waals surface area (Å²) in [6.07, 6.45) is 9.67. The van der Waals surface area contributed by atoms with Crippen molar-refractivity contribution in [2.75, 3.05) is 13.1 Å². The maximum Gasteiger partial charge on any atom is 0.246 e. The van der Waals surface area contributed by atoms with Gasteiger partial charge in [0.15, 0.2) is 0 Å². The van der Waals surface area contributed by atoms with Gasteiger partial charge in [0.1, 0.15) is 18.2 Å². The first-order chi connectivity index (χ1) is 10.8. The van der Waals surface area contributed by atoms with E-state index in [1.807, 2.05) is 0 Å². The monoisotopic (exact) mass is 299 g/mol. The fourth-order valence-corrected chi connectivity index (χ4v) is 2.40. The molecule has 22 heavy (non-hydrogen) atoms. The van der Waals surface area contributed by atoms with Crippen molar-refractivity contribution < 1.29 is 13.9 Å². The van der Waals surface area contributed by atoms with E-state index in [4.69, 9.17) is 9.15 Å². The van der Waals surface area contributed by atoms with E-state index >= 15 is 0 Å². The third-order valence-electron chi connectivity index (χ3n) is 3.47. The van der Waals surface area contributed by atoms with Gasteiger partial charge in [-0.25, -0.2) is 9.97 Å². The molecule has 6 heteroatoms. The Labute approximate surface area is 128 Å². The number of piperidine rings is 1. The number of rotatable bonds is 4. The van der Waals surface area contributed by atoms with Gasteiger partial charge in [-0.15, -0.1) is 0 Å². The highest BCUT2D eigenvalue weighted by Crippen LogP contribution is 2.16. The average Bonchev–Trinajstić information content (AvgIpc) is 3.07. The van der Waals surface area contributed by atoms with E-state index in [1.54, 1.807) is 41.6 Å². The molecule has 0 unspecified atom stereocenters. The Bertz CT molecular complexity index is 625. The van der Waals surface area contributed by atoms with Gasteiger partial charge in [-0.2, -0.15) is 0 Å². The summed E-state index contributed by atoms with van der Waals surface area (Å²) in [5.74, 6) is 1.17. The summed E-state index contributed by atoms with van der Waals surface area (Å²) in [5.41, 5.74) is 0. The van der Waals surface area contributed by atoms with Crippen LogP contribution in [0.25, 0.3) is 6.08 Å². The lowest BCUT2D eigenvalue weighted by atomic mass is 10.1. The van der Waals surface area contributed by atoms with Crippen LogP contribution in [0.2, 0.25) is 0 Å². The molecule has 0 spiro atoms. The van der Waals surface area contributed by atoms with Gasteiger partial charge >= 0.3 is 0 Å². The number of likely N-dealkylation sites (tertiary alicyclic amines) is 1. The van der Waals surface area contributed by atoms with E-state index in [0.717, 1.165) is 19.4 Å². The minimum absolute atomic E-state index is 0.0348. The van der Waals surface area contributed by atoms with E-state index in [0.29, 0.717) is 18.2 Å². The maximum absolute atomic E-state index is 12.2. The molecule has 0 bridgehead atoms. The number of aromatic nitrogens is 2. The van der Waals surface area contributed by atoms with Gasteiger partial charge in [-0.1, -0.05) is 0 Å². The van der Waals surface area contributed by atoms with Crippen molar-refractivity contribution in [2.45, 2.75) is 18.9 Å². The second kappa shape index (κ2) is 6.89. The van der Waals surface area contributed by atoms with Gasteiger partial charge in [0, 0.05) is 24.9 Å². The number of nitrogens with zero attached hydrogens (tertiary/aromatic N) is 3. The molecule has 3 heterocycles. The molecule has 1 amide bonds. The van der Waals surface area contributed by atoms with E-state index in [2.05, 4.69) is 9.97 Å². The first kappa shape index (κ1) is 14.3. The first-order valence-electron chi connectivity index (χ1n) is 7.24. The molecular weight excluding hydrogens is 282 g/mol. The predicted molar refractivity (Wildman–Crippen MR) is 80.0 cm³/mol. The summed E-state index contributed by atoms with van der Waals surface area (Å²) in [5, 5.41) is 0. The number of amides is 1. The highest BCUT2D eigenvalue weighted by molar-refractivity contribution is 5.91. The molecular formula is C16H17N3O3. The fourth-order valence-electron chi connectivity index (χ4n) is 2.40. The summed E-state index contributed by atoms with van der Waals surface area (Å²) in [4.78, 5) is 21.9. The second-order valence-electron chi connectivity index (χ2n) is 5.06. The molecule has 0 aromatic carbocycles.